The third kappa shape index (κ3) is 2.53. The van der Waals surface area contributed by atoms with E-state index in [-0.39, 0.29) is 5.92 Å². The van der Waals surface area contributed by atoms with Gasteiger partial charge >= 0.3 is 0 Å². The van der Waals surface area contributed by atoms with Crippen LogP contribution in [-0.4, -0.2) is 41.9 Å². The summed E-state index contributed by atoms with van der Waals surface area (Å²) in [6, 6.07) is 0.416. The van der Waals surface area contributed by atoms with Crippen molar-refractivity contribution in [2.45, 2.75) is 31.7 Å². The summed E-state index contributed by atoms with van der Waals surface area (Å²) in [5.74, 6) is 0.440. The van der Waals surface area contributed by atoms with Gasteiger partial charge in [0.2, 0.25) is 5.91 Å². The first-order chi connectivity index (χ1) is 7.33. The minimum atomic E-state index is 0.124. The third-order valence-electron chi connectivity index (χ3n) is 3.35. The van der Waals surface area contributed by atoms with Gasteiger partial charge in [0, 0.05) is 24.5 Å². The van der Waals surface area contributed by atoms with Gasteiger partial charge in [-0.25, -0.2) is 0 Å². The van der Waals surface area contributed by atoms with Crippen molar-refractivity contribution >= 4 is 21.8 Å². The molecule has 0 N–H and O–H groups in total. The number of rotatable bonds is 2. The van der Waals surface area contributed by atoms with Crippen LogP contribution in [0, 0.1) is 5.92 Å². The molecule has 2 heterocycles. The van der Waals surface area contributed by atoms with Gasteiger partial charge in [0.15, 0.2) is 0 Å². The fourth-order valence-electron chi connectivity index (χ4n) is 2.46. The Bertz CT molecular complexity index is 229. The van der Waals surface area contributed by atoms with Crippen LogP contribution in [0.1, 0.15) is 25.7 Å². The van der Waals surface area contributed by atoms with E-state index in [1.807, 2.05) is 4.90 Å². The van der Waals surface area contributed by atoms with Gasteiger partial charge in [-0.05, 0) is 25.7 Å². The number of halogens is 1. The summed E-state index contributed by atoms with van der Waals surface area (Å²) < 4.78 is 5.37. The number of hydrogen-bond acceptors (Lipinski definition) is 2. The van der Waals surface area contributed by atoms with Gasteiger partial charge in [0.1, 0.15) is 0 Å². The Morgan fingerprint density at radius 2 is 2.27 bits per heavy atom. The van der Waals surface area contributed by atoms with Crippen LogP contribution in [0.4, 0.5) is 0 Å². The van der Waals surface area contributed by atoms with E-state index in [0.717, 1.165) is 44.2 Å². The lowest BCUT2D eigenvalue weighted by atomic mass is 10.0. The van der Waals surface area contributed by atoms with Gasteiger partial charge in [-0.15, -0.1) is 0 Å². The topological polar surface area (TPSA) is 29.5 Å². The molecule has 2 aliphatic heterocycles. The molecule has 2 aliphatic rings. The number of alkyl halides is 1. The molecule has 15 heavy (non-hydrogen) atoms. The van der Waals surface area contributed by atoms with Crippen LogP contribution in [0.3, 0.4) is 0 Å². The van der Waals surface area contributed by atoms with Gasteiger partial charge < -0.3 is 9.64 Å². The minimum absolute atomic E-state index is 0.124. The van der Waals surface area contributed by atoms with Crippen molar-refractivity contribution in [2.24, 2.45) is 5.92 Å². The molecule has 2 saturated heterocycles. The van der Waals surface area contributed by atoms with E-state index in [1.54, 1.807) is 0 Å². The Kier molecular flexibility index (Phi) is 4.03. The zero-order chi connectivity index (χ0) is 10.7. The Hall–Kier alpha value is -0.0900. The SMILES string of the molecule is O=C(C1CCCOC1)N1CCC[C@@H]1CBr. The van der Waals surface area contributed by atoms with Gasteiger partial charge in [-0.3, -0.25) is 4.79 Å². The summed E-state index contributed by atoms with van der Waals surface area (Å²) >= 11 is 3.48. The highest BCUT2D eigenvalue weighted by atomic mass is 79.9. The summed E-state index contributed by atoms with van der Waals surface area (Å²) in [4.78, 5) is 14.2. The zero-order valence-electron chi connectivity index (χ0n) is 8.95. The van der Waals surface area contributed by atoms with Crippen molar-refractivity contribution in [3.8, 4) is 0 Å². The first-order valence-electron chi connectivity index (χ1n) is 5.77. The zero-order valence-corrected chi connectivity index (χ0v) is 10.5. The van der Waals surface area contributed by atoms with E-state index in [2.05, 4.69) is 15.9 Å². The molecule has 3 nitrogen and oxygen atoms in total. The van der Waals surface area contributed by atoms with E-state index in [4.69, 9.17) is 4.74 Å². The molecular weight excluding hydrogens is 258 g/mol. The van der Waals surface area contributed by atoms with Crippen LogP contribution in [0.25, 0.3) is 0 Å². The van der Waals surface area contributed by atoms with Gasteiger partial charge in [-0.1, -0.05) is 15.9 Å². The number of carbonyl (C=O) groups excluding carboxylic acids is 1. The lowest BCUT2D eigenvalue weighted by Gasteiger charge is -2.29. The number of nitrogens with zero attached hydrogens (tertiary/aromatic N) is 1. The highest BCUT2D eigenvalue weighted by molar-refractivity contribution is 9.09. The molecule has 1 unspecified atom stereocenters. The van der Waals surface area contributed by atoms with Gasteiger partial charge in [0.25, 0.3) is 0 Å². The molecule has 2 atom stereocenters. The minimum Gasteiger partial charge on any atom is -0.381 e. The summed E-state index contributed by atoms with van der Waals surface area (Å²) in [6.45, 7) is 2.39. The number of amides is 1. The van der Waals surface area contributed by atoms with Crippen LogP contribution in [0.5, 0.6) is 0 Å². The second-order valence-corrected chi connectivity index (χ2v) is 5.04. The Morgan fingerprint density at radius 3 is 2.93 bits per heavy atom. The molecule has 1 amide bonds. The smallest absolute Gasteiger partial charge is 0.228 e. The fourth-order valence-corrected chi connectivity index (χ4v) is 3.13. The lowest BCUT2D eigenvalue weighted by molar-refractivity contribution is -0.140. The van der Waals surface area contributed by atoms with Crippen LogP contribution in [0.15, 0.2) is 0 Å². The monoisotopic (exact) mass is 275 g/mol. The average molecular weight is 276 g/mol. The van der Waals surface area contributed by atoms with Crippen molar-refractivity contribution < 1.29 is 9.53 Å². The Morgan fingerprint density at radius 1 is 1.40 bits per heavy atom. The second-order valence-electron chi connectivity index (χ2n) is 4.40. The maximum atomic E-state index is 12.2. The first-order valence-corrected chi connectivity index (χ1v) is 6.89. The molecule has 86 valence electrons. The molecule has 0 radical (unpaired) electrons. The van der Waals surface area contributed by atoms with E-state index >= 15 is 0 Å². The summed E-state index contributed by atoms with van der Waals surface area (Å²) in [5.41, 5.74) is 0. The van der Waals surface area contributed by atoms with Crippen molar-refractivity contribution in [3.05, 3.63) is 0 Å². The van der Waals surface area contributed by atoms with Crippen LogP contribution >= 0.6 is 15.9 Å². The third-order valence-corrected chi connectivity index (χ3v) is 4.10. The molecule has 0 saturated carbocycles. The van der Waals surface area contributed by atoms with Crippen molar-refractivity contribution in [1.29, 1.82) is 0 Å². The maximum Gasteiger partial charge on any atom is 0.228 e. The Labute approximate surface area is 99.3 Å². The van der Waals surface area contributed by atoms with Gasteiger partial charge in [-0.2, -0.15) is 0 Å². The molecule has 0 aliphatic carbocycles. The second kappa shape index (κ2) is 5.30. The largest absolute Gasteiger partial charge is 0.381 e. The summed E-state index contributed by atoms with van der Waals surface area (Å²) in [7, 11) is 0. The molecule has 0 aromatic carbocycles. The summed E-state index contributed by atoms with van der Waals surface area (Å²) in [6.07, 6.45) is 4.33. The van der Waals surface area contributed by atoms with E-state index in [9.17, 15) is 4.79 Å². The predicted octanol–water partition coefficient (Wildman–Crippen LogP) is 1.80. The van der Waals surface area contributed by atoms with Crippen LogP contribution < -0.4 is 0 Å². The number of ether oxygens (including phenoxy) is 1. The molecule has 2 fully saturated rings. The quantitative estimate of drug-likeness (QED) is 0.720. The number of carbonyl (C=O) groups is 1. The lowest BCUT2D eigenvalue weighted by Crippen LogP contribution is -2.42. The standard InChI is InChI=1S/C11H18BrNO2/c12-7-10-4-1-5-13(10)11(14)9-3-2-6-15-8-9/h9-10H,1-8H2/t9?,10-/m1/s1. The predicted molar refractivity (Wildman–Crippen MR) is 62.1 cm³/mol. The molecule has 2 rings (SSSR count). The normalized spacial score (nSPS) is 31.9. The number of hydrogen-bond donors (Lipinski definition) is 0. The Balaban J connectivity index is 1.93. The highest BCUT2D eigenvalue weighted by Crippen LogP contribution is 2.24. The highest BCUT2D eigenvalue weighted by Gasteiger charge is 2.33. The van der Waals surface area contributed by atoms with Crippen LogP contribution in [0.2, 0.25) is 0 Å². The fraction of sp³-hybridized carbons (Fsp3) is 0.909. The van der Waals surface area contributed by atoms with E-state index in [0.29, 0.717) is 18.6 Å². The van der Waals surface area contributed by atoms with E-state index in [1.165, 1.54) is 0 Å². The molecule has 4 heteroatoms. The summed E-state index contributed by atoms with van der Waals surface area (Å²) in [5, 5.41) is 0.909. The maximum absolute atomic E-state index is 12.2. The van der Waals surface area contributed by atoms with Crippen molar-refractivity contribution in [1.82, 2.24) is 4.90 Å². The number of likely N-dealkylation sites (tertiary alicyclic amines) is 1. The molecule has 0 bridgehead atoms. The van der Waals surface area contributed by atoms with Crippen LogP contribution in [-0.2, 0) is 9.53 Å². The first kappa shape index (κ1) is 11.4. The van der Waals surface area contributed by atoms with E-state index < -0.39 is 0 Å². The molecule has 0 aromatic heterocycles. The molecule has 0 aromatic rings. The van der Waals surface area contributed by atoms with Gasteiger partial charge in [0.05, 0.1) is 12.5 Å². The van der Waals surface area contributed by atoms with Crippen molar-refractivity contribution in [2.75, 3.05) is 25.1 Å². The molecular formula is C11H18BrNO2. The molecule has 0 spiro atoms. The van der Waals surface area contributed by atoms with Crippen molar-refractivity contribution in [3.63, 3.8) is 0 Å². The average Bonchev–Trinajstić information content (AvgIpc) is 2.77.